The van der Waals surface area contributed by atoms with Crippen LogP contribution in [0.1, 0.15) is 37.2 Å². The van der Waals surface area contributed by atoms with Gasteiger partial charge in [-0.1, -0.05) is 30.3 Å². The van der Waals surface area contributed by atoms with Crippen LogP contribution in [0.15, 0.2) is 53.5 Å². The summed E-state index contributed by atoms with van der Waals surface area (Å²) in [5.41, 5.74) is 1.12. The number of rotatable bonds is 5. The van der Waals surface area contributed by atoms with Crippen molar-refractivity contribution in [3.8, 4) is 0 Å². The molecule has 3 rings (SSSR count). The van der Waals surface area contributed by atoms with Crippen molar-refractivity contribution in [1.82, 2.24) is 10.2 Å². The molecule has 1 aliphatic heterocycles. The molecule has 0 amide bonds. The first-order valence-electron chi connectivity index (χ1n) is 9.84. The number of benzene rings is 2. The van der Waals surface area contributed by atoms with Crippen LogP contribution in [0.4, 0.5) is 8.78 Å². The third-order valence-electron chi connectivity index (χ3n) is 4.81. The van der Waals surface area contributed by atoms with Crippen LogP contribution >= 0.6 is 0 Å². The molecule has 29 heavy (non-hydrogen) atoms. The van der Waals surface area contributed by atoms with Crippen molar-refractivity contribution in [3.05, 3.63) is 71.3 Å². The van der Waals surface area contributed by atoms with Crippen LogP contribution in [0.5, 0.6) is 0 Å². The van der Waals surface area contributed by atoms with Crippen LogP contribution in [-0.4, -0.2) is 48.2 Å². The Kier molecular flexibility index (Phi) is 7.17. The fourth-order valence-electron chi connectivity index (χ4n) is 3.43. The van der Waals surface area contributed by atoms with Crippen molar-refractivity contribution in [3.63, 3.8) is 0 Å². The predicted octanol–water partition coefficient (Wildman–Crippen LogP) is 3.43. The van der Waals surface area contributed by atoms with Crippen molar-refractivity contribution in [2.75, 3.05) is 26.2 Å². The highest BCUT2D eigenvalue weighted by Gasteiger charge is 2.28. The average molecular weight is 403 g/mol. The van der Waals surface area contributed by atoms with Crippen molar-refractivity contribution in [2.45, 2.75) is 32.2 Å². The summed E-state index contributed by atoms with van der Waals surface area (Å²) in [4.78, 5) is 6.59. The first kappa shape index (κ1) is 21.2. The molecule has 1 saturated heterocycles. The van der Waals surface area contributed by atoms with Crippen molar-refractivity contribution in [2.24, 2.45) is 4.99 Å². The molecule has 2 N–H and O–H groups in total. The zero-order valence-corrected chi connectivity index (χ0v) is 16.7. The number of morpholine rings is 1. The molecule has 3 atom stereocenters. The highest BCUT2D eigenvalue weighted by Crippen LogP contribution is 2.26. The van der Waals surface area contributed by atoms with Gasteiger partial charge in [-0.05, 0) is 37.6 Å². The fourth-order valence-corrected chi connectivity index (χ4v) is 3.43. The number of ether oxygens (including phenoxy) is 1. The third kappa shape index (κ3) is 5.52. The average Bonchev–Trinajstić information content (AvgIpc) is 2.71. The summed E-state index contributed by atoms with van der Waals surface area (Å²) < 4.78 is 33.2. The fraction of sp³-hybridized carbons (Fsp3) is 0.409. The number of guanidine groups is 1. The van der Waals surface area contributed by atoms with E-state index in [4.69, 9.17) is 4.74 Å². The van der Waals surface area contributed by atoms with Gasteiger partial charge in [-0.25, -0.2) is 8.78 Å². The van der Waals surface area contributed by atoms with Crippen LogP contribution in [-0.2, 0) is 4.74 Å². The maximum Gasteiger partial charge on any atom is 0.194 e. The summed E-state index contributed by atoms with van der Waals surface area (Å²) in [7, 11) is 0. The molecular formula is C22H27F2N3O2. The van der Waals surface area contributed by atoms with Gasteiger partial charge >= 0.3 is 0 Å². The summed E-state index contributed by atoms with van der Waals surface area (Å²) >= 11 is 0. The molecule has 156 valence electrons. The Bertz CT molecular complexity index is 829. The van der Waals surface area contributed by atoms with Gasteiger partial charge in [-0.3, -0.25) is 4.99 Å². The Hall–Kier alpha value is -2.51. The molecule has 1 fully saturated rings. The van der Waals surface area contributed by atoms with E-state index in [1.165, 1.54) is 18.2 Å². The second-order valence-electron chi connectivity index (χ2n) is 7.12. The molecule has 0 spiro atoms. The van der Waals surface area contributed by atoms with E-state index in [2.05, 4.69) is 15.2 Å². The van der Waals surface area contributed by atoms with Gasteiger partial charge in [0.05, 0.1) is 19.2 Å². The van der Waals surface area contributed by atoms with Gasteiger partial charge in [-0.15, -0.1) is 0 Å². The normalized spacial score (nSPS) is 21.1. The van der Waals surface area contributed by atoms with Crippen LogP contribution in [0, 0.1) is 11.6 Å². The number of aliphatic imine (C=N–C) groups is 1. The van der Waals surface area contributed by atoms with Gasteiger partial charge < -0.3 is 20.1 Å². The standard InChI is InChI=1S/C22H27F2N3O2/c1-3-25-22(26-12-20(28)18-6-4-5-7-19(18)24)27-13-15(2)29-21(14-27)16-8-10-17(23)11-9-16/h4-11,15,20-21,28H,3,12-14H2,1-2H3,(H,25,26). The molecule has 3 unspecified atom stereocenters. The molecule has 1 aliphatic rings. The second-order valence-corrected chi connectivity index (χ2v) is 7.12. The lowest BCUT2D eigenvalue weighted by Crippen LogP contribution is -2.50. The highest BCUT2D eigenvalue weighted by atomic mass is 19.1. The van der Waals surface area contributed by atoms with Crippen molar-refractivity contribution < 1.29 is 18.6 Å². The zero-order chi connectivity index (χ0) is 20.8. The van der Waals surface area contributed by atoms with E-state index in [1.54, 1.807) is 30.3 Å². The Morgan fingerprint density at radius 2 is 1.93 bits per heavy atom. The van der Waals surface area contributed by atoms with Gasteiger partial charge in [0.25, 0.3) is 0 Å². The van der Waals surface area contributed by atoms with Crippen molar-refractivity contribution >= 4 is 5.96 Å². The minimum absolute atomic E-state index is 0.0379. The lowest BCUT2D eigenvalue weighted by molar-refractivity contribution is -0.0605. The molecule has 1 heterocycles. The number of aliphatic hydroxyl groups excluding tert-OH is 1. The van der Waals surface area contributed by atoms with Crippen LogP contribution in [0.2, 0.25) is 0 Å². The van der Waals surface area contributed by atoms with E-state index in [0.717, 1.165) is 5.56 Å². The summed E-state index contributed by atoms with van der Waals surface area (Å²) in [6.07, 6.45) is -1.31. The Balaban J connectivity index is 1.75. The summed E-state index contributed by atoms with van der Waals surface area (Å²) in [5, 5.41) is 13.6. The second kappa shape index (κ2) is 9.80. The maximum absolute atomic E-state index is 13.9. The smallest absolute Gasteiger partial charge is 0.194 e. The Morgan fingerprint density at radius 3 is 2.62 bits per heavy atom. The van der Waals surface area contributed by atoms with E-state index < -0.39 is 11.9 Å². The molecule has 5 nitrogen and oxygen atoms in total. The van der Waals surface area contributed by atoms with Gasteiger partial charge in [0.2, 0.25) is 0 Å². The lowest BCUT2D eigenvalue weighted by atomic mass is 10.1. The highest BCUT2D eigenvalue weighted by molar-refractivity contribution is 5.80. The predicted molar refractivity (Wildman–Crippen MR) is 109 cm³/mol. The van der Waals surface area contributed by atoms with Crippen molar-refractivity contribution in [1.29, 1.82) is 0 Å². The molecular weight excluding hydrogens is 376 g/mol. The molecule has 0 saturated carbocycles. The topological polar surface area (TPSA) is 57.1 Å². The maximum atomic E-state index is 13.9. The Morgan fingerprint density at radius 1 is 1.21 bits per heavy atom. The number of hydrogen-bond donors (Lipinski definition) is 2. The van der Waals surface area contributed by atoms with Gasteiger partial charge in [-0.2, -0.15) is 0 Å². The quantitative estimate of drug-likeness (QED) is 0.593. The third-order valence-corrected chi connectivity index (χ3v) is 4.81. The molecule has 0 aromatic heterocycles. The number of aliphatic hydroxyl groups is 1. The van der Waals surface area contributed by atoms with E-state index in [-0.39, 0.29) is 30.1 Å². The van der Waals surface area contributed by atoms with Gasteiger partial charge in [0.15, 0.2) is 5.96 Å². The van der Waals surface area contributed by atoms with E-state index >= 15 is 0 Å². The summed E-state index contributed by atoms with van der Waals surface area (Å²) in [5.74, 6) is -0.104. The van der Waals surface area contributed by atoms with E-state index in [0.29, 0.717) is 25.6 Å². The first-order chi connectivity index (χ1) is 14.0. The van der Waals surface area contributed by atoms with Gasteiger partial charge in [0, 0.05) is 18.7 Å². The summed E-state index contributed by atoms with van der Waals surface area (Å²) in [6.45, 7) is 5.79. The number of hydrogen-bond acceptors (Lipinski definition) is 3. The van der Waals surface area contributed by atoms with E-state index in [9.17, 15) is 13.9 Å². The molecule has 0 aliphatic carbocycles. The number of nitrogens with zero attached hydrogens (tertiary/aromatic N) is 2. The van der Waals surface area contributed by atoms with E-state index in [1.807, 2.05) is 13.8 Å². The van der Waals surface area contributed by atoms with Crippen LogP contribution in [0.3, 0.4) is 0 Å². The molecule has 0 bridgehead atoms. The largest absolute Gasteiger partial charge is 0.386 e. The first-order valence-corrected chi connectivity index (χ1v) is 9.84. The van der Waals surface area contributed by atoms with Crippen LogP contribution < -0.4 is 5.32 Å². The Labute approximate surface area is 170 Å². The lowest BCUT2D eigenvalue weighted by Gasteiger charge is -2.38. The zero-order valence-electron chi connectivity index (χ0n) is 16.7. The number of halogens is 2. The SMILES string of the molecule is CCNC(=NCC(O)c1ccccc1F)N1CC(C)OC(c2ccc(F)cc2)C1. The summed E-state index contributed by atoms with van der Waals surface area (Å²) in [6, 6.07) is 12.5. The molecule has 2 aromatic rings. The van der Waals surface area contributed by atoms with Crippen LogP contribution in [0.25, 0.3) is 0 Å². The number of nitrogens with one attached hydrogen (secondary N) is 1. The minimum atomic E-state index is -1.03. The van der Waals surface area contributed by atoms with Gasteiger partial charge in [0.1, 0.15) is 23.8 Å². The molecule has 0 radical (unpaired) electrons. The monoisotopic (exact) mass is 403 g/mol. The molecule has 7 heteroatoms. The minimum Gasteiger partial charge on any atom is -0.386 e. The molecule has 2 aromatic carbocycles.